The molecule has 2 heterocycles. The van der Waals surface area contributed by atoms with E-state index in [1.54, 1.807) is 11.2 Å². The van der Waals surface area contributed by atoms with E-state index in [1.165, 1.54) is 74.1 Å². The summed E-state index contributed by atoms with van der Waals surface area (Å²) in [5, 5.41) is 5.02. The first-order valence-electron chi connectivity index (χ1n) is 8.25. The summed E-state index contributed by atoms with van der Waals surface area (Å²) < 4.78 is 0. The highest BCUT2D eigenvalue weighted by Crippen LogP contribution is 2.39. The Morgan fingerprint density at radius 2 is 1.95 bits per heavy atom. The average Bonchev–Trinajstić information content (AvgIpc) is 3.10. The van der Waals surface area contributed by atoms with Crippen molar-refractivity contribution in [2.24, 2.45) is 0 Å². The standard InChI is InChI=1S/C15H19N3S.C2H4O/c1-2-5-10(6-3-1)18-14-13-11-7-4-8-12(11)19-15(13)17-9-16-14;1-2-3/h9-10H,1-8H2,(H,16,17,18);2H,1H3. The fraction of sp³-hybridized carbons (Fsp3) is 0.588. The van der Waals surface area contributed by atoms with Gasteiger partial charge in [-0.25, -0.2) is 9.97 Å². The summed E-state index contributed by atoms with van der Waals surface area (Å²) in [7, 11) is 0. The summed E-state index contributed by atoms with van der Waals surface area (Å²) in [6.07, 6.45) is 12.9. The van der Waals surface area contributed by atoms with Crippen LogP contribution >= 0.6 is 11.3 Å². The smallest absolute Gasteiger partial charge is 0.138 e. The van der Waals surface area contributed by atoms with Crippen molar-refractivity contribution in [1.29, 1.82) is 0 Å². The summed E-state index contributed by atoms with van der Waals surface area (Å²) in [5.41, 5.74) is 1.53. The van der Waals surface area contributed by atoms with E-state index < -0.39 is 0 Å². The van der Waals surface area contributed by atoms with Gasteiger partial charge in [-0.2, -0.15) is 0 Å². The van der Waals surface area contributed by atoms with Crippen LogP contribution in [-0.2, 0) is 17.6 Å². The Kier molecular flexibility index (Phi) is 5.03. The summed E-state index contributed by atoms with van der Waals surface area (Å²) in [5.74, 6) is 1.09. The number of hydrogen-bond donors (Lipinski definition) is 1. The highest BCUT2D eigenvalue weighted by Gasteiger charge is 2.22. The van der Waals surface area contributed by atoms with Gasteiger partial charge < -0.3 is 10.1 Å². The van der Waals surface area contributed by atoms with Gasteiger partial charge in [0, 0.05) is 10.9 Å². The molecule has 1 fully saturated rings. The molecule has 0 spiro atoms. The molecule has 2 aliphatic rings. The van der Waals surface area contributed by atoms with Crippen LogP contribution in [0, 0.1) is 0 Å². The molecular formula is C17H23N3OS. The minimum atomic E-state index is 0.615. The van der Waals surface area contributed by atoms with Gasteiger partial charge in [-0.1, -0.05) is 19.3 Å². The second-order valence-corrected chi connectivity index (χ2v) is 7.06. The van der Waals surface area contributed by atoms with Gasteiger partial charge in [-0.3, -0.25) is 0 Å². The van der Waals surface area contributed by atoms with Gasteiger partial charge in [0.15, 0.2) is 0 Å². The molecular weight excluding hydrogens is 294 g/mol. The number of aldehydes is 1. The van der Waals surface area contributed by atoms with E-state index in [2.05, 4.69) is 15.3 Å². The van der Waals surface area contributed by atoms with Gasteiger partial charge in [-0.15, -0.1) is 11.3 Å². The predicted octanol–water partition coefficient (Wildman–Crippen LogP) is 4.13. The molecule has 1 N–H and O–H groups in total. The predicted molar refractivity (Wildman–Crippen MR) is 91.7 cm³/mol. The van der Waals surface area contributed by atoms with Crippen LogP contribution in [0.25, 0.3) is 10.2 Å². The summed E-state index contributed by atoms with van der Waals surface area (Å²) in [4.78, 5) is 20.5. The topological polar surface area (TPSA) is 54.9 Å². The zero-order valence-corrected chi connectivity index (χ0v) is 13.9. The molecule has 4 nitrogen and oxygen atoms in total. The quantitative estimate of drug-likeness (QED) is 0.846. The van der Waals surface area contributed by atoms with E-state index in [1.807, 2.05) is 11.3 Å². The first-order chi connectivity index (χ1) is 10.8. The monoisotopic (exact) mass is 317 g/mol. The number of anilines is 1. The molecule has 2 aromatic rings. The fourth-order valence-electron chi connectivity index (χ4n) is 3.48. The van der Waals surface area contributed by atoms with Gasteiger partial charge in [0.05, 0.1) is 5.39 Å². The Bertz CT molecular complexity index is 647. The lowest BCUT2D eigenvalue weighted by Gasteiger charge is -2.23. The zero-order valence-electron chi connectivity index (χ0n) is 13.1. The molecule has 0 radical (unpaired) electrons. The Morgan fingerprint density at radius 3 is 2.73 bits per heavy atom. The SMILES string of the molecule is CC=O.c1nc(NC2CCCCC2)c2c3c(sc2n1)CCC3. The van der Waals surface area contributed by atoms with Gasteiger partial charge in [-0.05, 0) is 44.6 Å². The minimum absolute atomic E-state index is 0.615. The molecule has 0 saturated heterocycles. The first kappa shape index (κ1) is 15.4. The third kappa shape index (κ3) is 3.14. The van der Waals surface area contributed by atoms with E-state index in [0.29, 0.717) is 6.04 Å². The molecule has 0 amide bonds. The maximum Gasteiger partial charge on any atom is 0.138 e. The maximum absolute atomic E-state index is 8.81. The molecule has 0 unspecified atom stereocenters. The third-order valence-electron chi connectivity index (χ3n) is 4.45. The number of carbonyl (C=O) groups excluding carboxylic acids is 1. The Hall–Kier alpha value is -1.49. The second-order valence-electron chi connectivity index (χ2n) is 5.97. The lowest BCUT2D eigenvalue weighted by Crippen LogP contribution is -2.23. The van der Waals surface area contributed by atoms with Gasteiger partial charge >= 0.3 is 0 Å². The Morgan fingerprint density at radius 1 is 1.18 bits per heavy atom. The molecule has 2 aromatic heterocycles. The number of nitrogens with zero attached hydrogens (tertiary/aromatic N) is 2. The Balaban J connectivity index is 0.000000446. The van der Waals surface area contributed by atoms with Crippen LogP contribution in [0.2, 0.25) is 0 Å². The highest BCUT2D eigenvalue weighted by molar-refractivity contribution is 7.19. The molecule has 0 aliphatic heterocycles. The van der Waals surface area contributed by atoms with E-state index >= 15 is 0 Å². The van der Waals surface area contributed by atoms with Crippen molar-refractivity contribution in [2.45, 2.75) is 64.3 Å². The molecule has 22 heavy (non-hydrogen) atoms. The van der Waals surface area contributed by atoms with Gasteiger partial charge in [0.25, 0.3) is 0 Å². The lowest BCUT2D eigenvalue weighted by molar-refractivity contribution is -0.106. The maximum atomic E-state index is 8.81. The van der Waals surface area contributed by atoms with E-state index in [9.17, 15) is 0 Å². The number of rotatable bonds is 2. The van der Waals surface area contributed by atoms with Crippen molar-refractivity contribution in [2.75, 3.05) is 5.32 Å². The molecule has 0 aromatic carbocycles. The second kappa shape index (κ2) is 7.18. The van der Waals surface area contributed by atoms with Crippen LogP contribution in [0.15, 0.2) is 6.33 Å². The lowest BCUT2D eigenvalue weighted by atomic mass is 9.95. The van der Waals surface area contributed by atoms with Gasteiger partial charge in [0.2, 0.25) is 0 Å². The molecule has 0 bridgehead atoms. The van der Waals surface area contributed by atoms with Crippen LogP contribution in [0.3, 0.4) is 0 Å². The number of nitrogens with one attached hydrogen (secondary N) is 1. The van der Waals surface area contributed by atoms with Crippen LogP contribution in [0.5, 0.6) is 0 Å². The van der Waals surface area contributed by atoms with Crippen LogP contribution < -0.4 is 5.32 Å². The fourth-order valence-corrected chi connectivity index (χ4v) is 4.71. The number of carbonyl (C=O) groups is 1. The van der Waals surface area contributed by atoms with Crippen molar-refractivity contribution in [3.63, 3.8) is 0 Å². The molecule has 2 aliphatic carbocycles. The normalized spacial score (nSPS) is 17.7. The van der Waals surface area contributed by atoms with Crippen molar-refractivity contribution in [1.82, 2.24) is 9.97 Å². The average molecular weight is 317 g/mol. The van der Waals surface area contributed by atoms with Crippen LogP contribution in [-0.4, -0.2) is 22.3 Å². The summed E-state index contributed by atoms with van der Waals surface area (Å²) >= 11 is 1.87. The zero-order chi connectivity index (χ0) is 15.4. The molecule has 0 atom stereocenters. The molecule has 118 valence electrons. The highest BCUT2D eigenvalue weighted by atomic mass is 32.1. The van der Waals surface area contributed by atoms with E-state index in [-0.39, 0.29) is 0 Å². The summed E-state index contributed by atoms with van der Waals surface area (Å²) in [6.45, 7) is 1.44. The van der Waals surface area contributed by atoms with Crippen molar-refractivity contribution in [3.05, 3.63) is 16.8 Å². The van der Waals surface area contributed by atoms with Gasteiger partial charge in [0.1, 0.15) is 23.3 Å². The van der Waals surface area contributed by atoms with Crippen molar-refractivity contribution >= 4 is 33.7 Å². The third-order valence-corrected chi connectivity index (χ3v) is 5.65. The van der Waals surface area contributed by atoms with Crippen LogP contribution in [0.1, 0.15) is 55.9 Å². The minimum Gasteiger partial charge on any atom is -0.367 e. The summed E-state index contributed by atoms with van der Waals surface area (Å²) in [6, 6.07) is 0.615. The molecule has 1 saturated carbocycles. The number of aromatic nitrogens is 2. The first-order valence-corrected chi connectivity index (χ1v) is 9.06. The Labute approximate surface area is 135 Å². The van der Waals surface area contributed by atoms with Crippen molar-refractivity contribution < 1.29 is 4.79 Å². The number of hydrogen-bond acceptors (Lipinski definition) is 5. The molecule has 5 heteroatoms. The van der Waals surface area contributed by atoms with E-state index in [0.717, 1.165) is 12.1 Å². The number of thiophene rings is 1. The molecule has 4 rings (SSSR count). The number of aryl methyl sites for hydroxylation is 2. The van der Waals surface area contributed by atoms with Crippen molar-refractivity contribution in [3.8, 4) is 0 Å². The van der Waals surface area contributed by atoms with E-state index in [4.69, 9.17) is 4.79 Å². The largest absolute Gasteiger partial charge is 0.367 e. The number of fused-ring (bicyclic) bond motifs is 3. The van der Waals surface area contributed by atoms with Crippen LogP contribution in [0.4, 0.5) is 5.82 Å².